The molecule has 100 valence electrons. The van der Waals surface area contributed by atoms with Gasteiger partial charge >= 0.3 is 0 Å². The van der Waals surface area contributed by atoms with Gasteiger partial charge in [-0.2, -0.15) is 10.4 Å². The lowest BCUT2D eigenvalue weighted by Gasteiger charge is -2.04. The molecule has 0 saturated heterocycles. The molecule has 2 aromatic rings. The van der Waals surface area contributed by atoms with E-state index < -0.39 is 0 Å². The number of aryl methyl sites for hydroxylation is 1. The highest BCUT2D eigenvalue weighted by molar-refractivity contribution is 5.34. The van der Waals surface area contributed by atoms with Gasteiger partial charge in [0.05, 0.1) is 5.69 Å². The molecule has 1 N–H and O–H groups in total. The molecule has 5 nitrogen and oxygen atoms in total. The molecule has 0 fully saturated rings. The van der Waals surface area contributed by atoms with Gasteiger partial charge in [-0.3, -0.25) is 4.68 Å². The van der Waals surface area contributed by atoms with Gasteiger partial charge in [0.25, 0.3) is 0 Å². The van der Waals surface area contributed by atoms with Crippen LogP contribution in [0.1, 0.15) is 22.6 Å². The zero-order valence-corrected chi connectivity index (χ0v) is 11.6. The lowest BCUT2D eigenvalue weighted by atomic mass is 10.2. The summed E-state index contributed by atoms with van der Waals surface area (Å²) in [6, 6.07) is 6.18. The number of aromatic nitrogens is 3. The van der Waals surface area contributed by atoms with Crippen LogP contribution in [0.3, 0.4) is 0 Å². The Balaban J connectivity index is 1.85. The van der Waals surface area contributed by atoms with Crippen molar-refractivity contribution in [1.82, 2.24) is 19.7 Å². The topological polar surface area (TPSA) is 58.6 Å². The van der Waals surface area contributed by atoms with E-state index >= 15 is 0 Å². The second-order valence-corrected chi connectivity index (χ2v) is 4.72. The van der Waals surface area contributed by atoms with Gasteiger partial charge in [-0.25, -0.2) is 0 Å². The largest absolute Gasteiger partial charge is 0.340 e. The van der Waals surface area contributed by atoms with Crippen molar-refractivity contribution >= 4 is 0 Å². The number of nitrogens with zero attached hydrogens (tertiary/aromatic N) is 4. The maximum absolute atomic E-state index is 8.98. The van der Waals surface area contributed by atoms with Crippen molar-refractivity contribution in [2.24, 2.45) is 14.1 Å². The summed E-state index contributed by atoms with van der Waals surface area (Å²) in [6.07, 6.45) is 2.87. The van der Waals surface area contributed by atoms with Crippen LogP contribution >= 0.6 is 0 Å². The van der Waals surface area contributed by atoms with E-state index in [4.69, 9.17) is 5.26 Å². The molecule has 2 aromatic heterocycles. The number of hydrogen-bond donors (Lipinski definition) is 1. The zero-order valence-electron chi connectivity index (χ0n) is 11.6. The van der Waals surface area contributed by atoms with Crippen LogP contribution in [-0.2, 0) is 27.1 Å². The Morgan fingerprint density at radius 3 is 2.79 bits per heavy atom. The predicted molar refractivity (Wildman–Crippen MR) is 73.5 cm³/mol. The highest BCUT2D eigenvalue weighted by atomic mass is 15.2. The third-order valence-electron chi connectivity index (χ3n) is 3.40. The Bertz CT molecular complexity index is 600. The Hall–Kier alpha value is -2.06. The molecule has 0 aliphatic heterocycles. The summed E-state index contributed by atoms with van der Waals surface area (Å²) < 4.78 is 3.74. The molecule has 0 amide bonds. The van der Waals surface area contributed by atoms with Crippen LogP contribution in [0.15, 0.2) is 18.3 Å². The van der Waals surface area contributed by atoms with Gasteiger partial charge in [0, 0.05) is 45.5 Å². The Labute approximate surface area is 113 Å². The summed E-state index contributed by atoms with van der Waals surface area (Å²) in [5.41, 5.74) is 4.12. The lowest BCUT2D eigenvalue weighted by molar-refractivity contribution is 0.662. The summed E-state index contributed by atoms with van der Waals surface area (Å²) in [5.74, 6) is 0. The van der Waals surface area contributed by atoms with E-state index in [0.29, 0.717) is 5.69 Å². The number of nitrogens with one attached hydrogen (secondary N) is 1. The van der Waals surface area contributed by atoms with E-state index in [2.05, 4.69) is 16.5 Å². The molecule has 5 heteroatoms. The van der Waals surface area contributed by atoms with Crippen molar-refractivity contribution in [2.75, 3.05) is 6.54 Å². The third kappa shape index (κ3) is 3.04. The maximum atomic E-state index is 8.98. The summed E-state index contributed by atoms with van der Waals surface area (Å²) in [6.45, 7) is 3.71. The van der Waals surface area contributed by atoms with Crippen molar-refractivity contribution in [3.63, 3.8) is 0 Å². The van der Waals surface area contributed by atoms with E-state index in [1.54, 1.807) is 0 Å². The second-order valence-electron chi connectivity index (χ2n) is 4.72. The normalized spacial score (nSPS) is 10.6. The highest BCUT2D eigenvalue weighted by Crippen LogP contribution is 2.12. The van der Waals surface area contributed by atoms with E-state index in [9.17, 15) is 0 Å². The summed E-state index contributed by atoms with van der Waals surface area (Å²) in [7, 11) is 3.85. The summed E-state index contributed by atoms with van der Waals surface area (Å²) in [5, 5.41) is 16.7. The van der Waals surface area contributed by atoms with Crippen molar-refractivity contribution in [3.05, 3.63) is 41.0 Å². The van der Waals surface area contributed by atoms with Gasteiger partial charge in [0.1, 0.15) is 11.8 Å². The molecule has 0 aliphatic carbocycles. The van der Waals surface area contributed by atoms with E-state index in [0.717, 1.165) is 30.9 Å². The molecule has 0 bridgehead atoms. The first-order chi connectivity index (χ1) is 9.11. The van der Waals surface area contributed by atoms with Gasteiger partial charge < -0.3 is 9.88 Å². The molecular formula is C14H19N5. The molecule has 0 aromatic carbocycles. The minimum atomic E-state index is 0.707. The summed E-state index contributed by atoms with van der Waals surface area (Å²) in [4.78, 5) is 0. The van der Waals surface area contributed by atoms with Crippen molar-refractivity contribution in [3.8, 4) is 6.07 Å². The molecule has 0 spiro atoms. The van der Waals surface area contributed by atoms with Gasteiger partial charge in [0.2, 0.25) is 0 Å². The lowest BCUT2D eigenvalue weighted by Crippen LogP contribution is -2.17. The number of rotatable bonds is 5. The molecule has 0 radical (unpaired) electrons. The van der Waals surface area contributed by atoms with Crippen LogP contribution in [-0.4, -0.2) is 20.9 Å². The monoisotopic (exact) mass is 257 g/mol. The summed E-state index contributed by atoms with van der Waals surface area (Å²) >= 11 is 0. The molecule has 2 heterocycles. The van der Waals surface area contributed by atoms with Gasteiger partial charge in [-0.1, -0.05) is 0 Å². The Morgan fingerprint density at radius 1 is 1.42 bits per heavy atom. The van der Waals surface area contributed by atoms with Crippen LogP contribution in [0.5, 0.6) is 0 Å². The SMILES string of the molecule is Cc1c(CNCCc2ccn(C)n2)cc(C#N)n1C. The fraction of sp³-hybridized carbons (Fsp3) is 0.429. The fourth-order valence-corrected chi connectivity index (χ4v) is 2.08. The minimum Gasteiger partial charge on any atom is -0.340 e. The first kappa shape index (κ1) is 13.4. The molecular weight excluding hydrogens is 238 g/mol. The predicted octanol–water partition coefficient (Wildman–Crippen LogP) is 1.27. The van der Waals surface area contributed by atoms with Crippen LogP contribution in [0.25, 0.3) is 0 Å². The van der Waals surface area contributed by atoms with Gasteiger partial charge in [-0.05, 0) is 24.6 Å². The van der Waals surface area contributed by atoms with Crippen LogP contribution in [0, 0.1) is 18.3 Å². The first-order valence-electron chi connectivity index (χ1n) is 6.36. The zero-order chi connectivity index (χ0) is 13.8. The maximum Gasteiger partial charge on any atom is 0.120 e. The fourth-order valence-electron chi connectivity index (χ4n) is 2.08. The Kier molecular flexibility index (Phi) is 4.03. The smallest absolute Gasteiger partial charge is 0.120 e. The average Bonchev–Trinajstić information content (AvgIpc) is 2.92. The van der Waals surface area contributed by atoms with Crippen LogP contribution in [0.2, 0.25) is 0 Å². The van der Waals surface area contributed by atoms with Crippen LogP contribution in [0.4, 0.5) is 0 Å². The third-order valence-corrected chi connectivity index (χ3v) is 3.40. The highest BCUT2D eigenvalue weighted by Gasteiger charge is 2.07. The first-order valence-corrected chi connectivity index (χ1v) is 6.36. The van der Waals surface area contributed by atoms with Crippen molar-refractivity contribution < 1.29 is 0 Å². The van der Waals surface area contributed by atoms with E-state index in [-0.39, 0.29) is 0 Å². The quantitative estimate of drug-likeness (QED) is 0.821. The number of hydrogen-bond acceptors (Lipinski definition) is 3. The molecule has 0 atom stereocenters. The number of nitriles is 1. The molecule has 19 heavy (non-hydrogen) atoms. The Morgan fingerprint density at radius 2 is 2.21 bits per heavy atom. The van der Waals surface area contributed by atoms with E-state index in [1.165, 1.54) is 5.56 Å². The van der Waals surface area contributed by atoms with Crippen molar-refractivity contribution in [2.45, 2.75) is 19.9 Å². The molecule has 0 aliphatic rings. The van der Waals surface area contributed by atoms with E-state index in [1.807, 2.05) is 48.6 Å². The molecule has 0 unspecified atom stereocenters. The minimum absolute atomic E-state index is 0.707. The molecule has 2 rings (SSSR count). The average molecular weight is 257 g/mol. The standard InChI is InChI=1S/C14H19N5/c1-11-12(8-14(9-15)19(11)3)10-16-6-4-13-5-7-18(2)17-13/h5,7-8,16H,4,6,10H2,1-3H3. The van der Waals surface area contributed by atoms with Gasteiger partial charge in [0.15, 0.2) is 0 Å². The second kappa shape index (κ2) is 5.72. The van der Waals surface area contributed by atoms with Crippen molar-refractivity contribution in [1.29, 1.82) is 5.26 Å². The molecule has 0 saturated carbocycles. The van der Waals surface area contributed by atoms with Gasteiger partial charge in [-0.15, -0.1) is 0 Å². The van der Waals surface area contributed by atoms with Crippen LogP contribution < -0.4 is 5.32 Å².